The molecule has 0 saturated carbocycles. The highest BCUT2D eigenvalue weighted by Crippen LogP contribution is 2.36. The maximum Gasteiger partial charge on any atom is 0.192 e. The number of alkyl halides is 1. The predicted octanol–water partition coefficient (Wildman–Crippen LogP) is 4.35. The Kier molecular flexibility index (Phi) is 5.63. The fourth-order valence-electron chi connectivity index (χ4n) is 0.701. The van der Waals surface area contributed by atoms with Gasteiger partial charge >= 0.3 is 0 Å². The fraction of sp³-hybridized carbons (Fsp3) is 0.818. The summed E-state index contributed by atoms with van der Waals surface area (Å²) in [5, 5.41) is 1.22. The molecule has 84 valence electrons. The lowest BCUT2D eigenvalue weighted by Gasteiger charge is -2.36. The SMILES string of the molecule is CC(=CCBr)CO[Si](C)(C)C(C)(C)C. The quantitative estimate of drug-likeness (QED) is 0.422. The van der Waals surface area contributed by atoms with E-state index in [4.69, 9.17) is 4.43 Å². The number of halogens is 1. The van der Waals surface area contributed by atoms with Crippen LogP contribution in [0.15, 0.2) is 11.6 Å². The minimum absolute atomic E-state index is 0.307. The molecule has 0 aromatic carbocycles. The first kappa shape index (κ1) is 14.4. The topological polar surface area (TPSA) is 9.23 Å². The molecular weight excluding hydrogens is 256 g/mol. The summed E-state index contributed by atoms with van der Waals surface area (Å²) in [6, 6.07) is 0. The van der Waals surface area contributed by atoms with Gasteiger partial charge in [-0.2, -0.15) is 0 Å². The molecule has 0 aromatic heterocycles. The van der Waals surface area contributed by atoms with Crippen molar-refractivity contribution < 1.29 is 4.43 Å². The van der Waals surface area contributed by atoms with E-state index in [1.807, 2.05) is 0 Å². The highest BCUT2D eigenvalue weighted by Gasteiger charge is 2.36. The summed E-state index contributed by atoms with van der Waals surface area (Å²) in [6.07, 6.45) is 2.16. The Labute approximate surface area is 98.2 Å². The first-order chi connectivity index (χ1) is 6.20. The van der Waals surface area contributed by atoms with E-state index in [1.54, 1.807) is 0 Å². The minimum atomic E-state index is -1.55. The second-order valence-corrected chi connectivity index (χ2v) is 10.7. The molecule has 0 aliphatic rings. The van der Waals surface area contributed by atoms with Gasteiger partial charge < -0.3 is 4.43 Å². The van der Waals surface area contributed by atoms with Crippen molar-refractivity contribution in [3.8, 4) is 0 Å². The predicted molar refractivity (Wildman–Crippen MR) is 70.7 cm³/mol. The van der Waals surface area contributed by atoms with Crippen LogP contribution >= 0.6 is 15.9 Å². The Morgan fingerprint density at radius 1 is 1.36 bits per heavy atom. The summed E-state index contributed by atoms with van der Waals surface area (Å²) < 4.78 is 6.06. The van der Waals surface area contributed by atoms with E-state index >= 15 is 0 Å². The van der Waals surface area contributed by atoms with Crippen LogP contribution in [-0.4, -0.2) is 20.3 Å². The molecular formula is C11H23BrOSi. The van der Waals surface area contributed by atoms with Gasteiger partial charge in [-0.15, -0.1) is 0 Å². The fourth-order valence-corrected chi connectivity index (χ4v) is 2.28. The van der Waals surface area contributed by atoms with E-state index in [9.17, 15) is 0 Å². The summed E-state index contributed by atoms with van der Waals surface area (Å²) >= 11 is 3.39. The number of allylic oxidation sites excluding steroid dienone is 1. The highest BCUT2D eigenvalue weighted by atomic mass is 79.9. The van der Waals surface area contributed by atoms with Crippen LogP contribution in [-0.2, 0) is 4.43 Å². The van der Waals surface area contributed by atoms with E-state index in [1.165, 1.54) is 5.57 Å². The molecule has 0 atom stereocenters. The molecule has 3 heteroatoms. The first-order valence-corrected chi connectivity index (χ1v) is 9.09. The molecule has 0 amide bonds. The number of hydrogen-bond donors (Lipinski definition) is 0. The molecule has 0 heterocycles. The van der Waals surface area contributed by atoms with Crippen LogP contribution in [0.1, 0.15) is 27.7 Å². The molecule has 0 radical (unpaired) electrons. The zero-order chi connectivity index (χ0) is 11.4. The normalized spacial score (nSPS) is 14.6. The van der Waals surface area contributed by atoms with Gasteiger partial charge in [0.25, 0.3) is 0 Å². The number of rotatable bonds is 4. The van der Waals surface area contributed by atoms with E-state index in [-0.39, 0.29) is 0 Å². The highest BCUT2D eigenvalue weighted by molar-refractivity contribution is 9.09. The molecule has 0 unspecified atom stereocenters. The largest absolute Gasteiger partial charge is 0.413 e. The van der Waals surface area contributed by atoms with Crippen molar-refractivity contribution in [3.05, 3.63) is 11.6 Å². The lowest BCUT2D eigenvalue weighted by molar-refractivity contribution is 0.318. The van der Waals surface area contributed by atoms with Crippen LogP contribution in [0.3, 0.4) is 0 Å². The third kappa shape index (κ3) is 4.76. The smallest absolute Gasteiger partial charge is 0.192 e. The minimum Gasteiger partial charge on any atom is -0.413 e. The van der Waals surface area contributed by atoms with Gasteiger partial charge in [0.15, 0.2) is 8.32 Å². The molecule has 0 aliphatic carbocycles. The molecule has 0 aliphatic heterocycles. The van der Waals surface area contributed by atoms with Crippen LogP contribution in [0, 0.1) is 0 Å². The van der Waals surface area contributed by atoms with Gasteiger partial charge in [-0.1, -0.05) is 48.4 Å². The Morgan fingerprint density at radius 3 is 2.21 bits per heavy atom. The van der Waals surface area contributed by atoms with Crippen LogP contribution in [0.2, 0.25) is 18.1 Å². The van der Waals surface area contributed by atoms with Crippen LogP contribution in [0.4, 0.5) is 0 Å². The van der Waals surface area contributed by atoms with Crippen molar-refractivity contribution in [3.63, 3.8) is 0 Å². The van der Waals surface area contributed by atoms with Crippen molar-refractivity contribution in [2.75, 3.05) is 11.9 Å². The first-order valence-electron chi connectivity index (χ1n) is 5.06. The Balaban J connectivity index is 4.20. The maximum absolute atomic E-state index is 6.06. The summed E-state index contributed by atoms with van der Waals surface area (Å²) in [5.74, 6) is 0. The lowest BCUT2D eigenvalue weighted by Crippen LogP contribution is -2.41. The van der Waals surface area contributed by atoms with Crippen LogP contribution in [0.25, 0.3) is 0 Å². The van der Waals surface area contributed by atoms with Crippen molar-refractivity contribution >= 4 is 24.2 Å². The Bertz CT molecular complexity index is 204. The average molecular weight is 279 g/mol. The molecule has 0 aromatic rings. The maximum atomic E-state index is 6.06. The second kappa shape index (κ2) is 5.47. The molecule has 0 saturated heterocycles. The zero-order valence-electron chi connectivity index (χ0n) is 10.3. The van der Waals surface area contributed by atoms with Gasteiger partial charge in [-0.25, -0.2) is 0 Å². The van der Waals surface area contributed by atoms with E-state index in [2.05, 4.69) is 62.8 Å². The molecule has 0 N–H and O–H groups in total. The summed E-state index contributed by atoms with van der Waals surface area (Å²) in [4.78, 5) is 0. The van der Waals surface area contributed by atoms with E-state index in [0.717, 1.165) is 11.9 Å². The molecule has 0 spiro atoms. The zero-order valence-corrected chi connectivity index (χ0v) is 12.9. The summed E-state index contributed by atoms with van der Waals surface area (Å²) in [5.41, 5.74) is 1.31. The summed E-state index contributed by atoms with van der Waals surface area (Å²) in [6.45, 7) is 14.3. The van der Waals surface area contributed by atoms with Crippen molar-refractivity contribution in [1.29, 1.82) is 0 Å². The Morgan fingerprint density at radius 2 is 1.86 bits per heavy atom. The van der Waals surface area contributed by atoms with Gasteiger partial charge in [0, 0.05) is 5.33 Å². The van der Waals surface area contributed by atoms with Crippen molar-refractivity contribution in [1.82, 2.24) is 0 Å². The molecule has 1 nitrogen and oxygen atoms in total. The number of hydrogen-bond acceptors (Lipinski definition) is 1. The van der Waals surface area contributed by atoms with E-state index in [0.29, 0.717) is 5.04 Å². The van der Waals surface area contributed by atoms with Crippen LogP contribution < -0.4 is 0 Å². The van der Waals surface area contributed by atoms with E-state index < -0.39 is 8.32 Å². The molecule has 0 bridgehead atoms. The Hall–Kier alpha value is 0.397. The monoisotopic (exact) mass is 278 g/mol. The van der Waals surface area contributed by atoms with Crippen LogP contribution in [0.5, 0.6) is 0 Å². The lowest BCUT2D eigenvalue weighted by atomic mass is 10.2. The molecule has 0 fully saturated rings. The molecule has 14 heavy (non-hydrogen) atoms. The van der Waals surface area contributed by atoms with Crippen molar-refractivity contribution in [2.45, 2.75) is 45.8 Å². The second-order valence-electron chi connectivity index (χ2n) is 5.25. The van der Waals surface area contributed by atoms with Gasteiger partial charge in [0.1, 0.15) is 0 Å². The molecule has 0 rings (SSSR count). The third-order valence-corrected chi connectivity index (χ3v) is 7.69. The summed E-state index contributed by atoms with van der Waals surface area (Å²) in [7, 11) is -1.55. The third-order valence-electron chi connectivity index (χ3n) is 2.89. The standard InChI is InChI=1S/C11H23BrOSi/c1-10(7-8-12)9-13-14(5,6)11(2,3)4/h7H,8-9H2,1-6H3. The average Bonchev–Trinajstić information content (AvgIpc) is 1.99. The van der Waals surface area contributed by atoms with Gasteiger partial charge in [0.2, 0.25) is 0 Å². The van der Waals surface area contributed by atoms with Gasteiger partial charge in [-0.05, 0) is 25.1 Å². The van der Waals surface area contributed by atoms with Crippen molar-refractivity contribution in [2.24, 2.45) is 0 Å². The van der Waals surface area contributed by atoms with Gasteiger partial charge in [0.05, 0.1) is 6.61 Å². The van der Waals surface area contributed by atoms with Gasteiger partial charge in [-0.3, -0.25) is 0 Å².